The van der Waals surface area contributed by atoms with Gasteiger partial charge in [-0.05, 0) is 43.0 Å². The van der Waals surface area contributed by atoms with Crippen molar-refractivity contribution in [3.8, 4) is 0 Å². The van der Waals surface area contributed by atoms with Crippen molar-refractivity contribution in [1.82, 2.24) is 0 Å². The molecule has 27 heavy (non-hydrogen) atoms. The summed E-state index contributed by atoms with van der Waals surface area (Å²) in [5.41, 5.74) is 0. The third-order valence-electron chi connectivity index (χ3n) is 4.91. The van der Waals surface area contributed by atoms with E-state index in [4.69, 9.17) is 0 Å². The molecule has 0 spiro atoms. The second-order valence-corrected chi connectivity index (χ2v) is 11.3. The summed E-state index contributed by atoms with van der Waals surface area (Å²) in [7, 11) is -8.37. The van der Waals surface area contributed by atoms with E-state index in [-0.39, 0.29) is 22.0 Å². The molecule has 1 atom stereocenters. The molecule has 0 radical (unpaired) electrons. The fourth-order valence-electron chi connectivity index (χ4n) is 3.62. The molecule has 144 valence electrons. The first-order valence-electron chi connectivity index (χ1n) is 8.93. The number of hydrogen-bond donors (Lipinski definition) is 0. The van der Waals surface area contributed by atoms with Crippen LogP contribution >= 0.6 is 0 Å². The molecular formula is C20H22O5S2. The molecule has 0 aromatic heterocycles. The molecular weight excluding hydrogens is 384 g/mol. The standard InChI is InChI=1S/C20H22O5S2/c21-17-10-8-7-9-16(15-17)20(26(22,23)18-11-3-1-4-12-18)27(24,25)19-13-5-2-6-14-19/h1-6,11-14,16,20H,7-10,15H2/t16-/m1/s1. The van der Waals surface area contributed by atoms with Crippen molar-refractivity contribution >= 4 is 25.5 Å². The van der Waals surface area contributed by atoms with E-state index in [1.807, 2.05) is 0 Å². The second-order valence-electron chi connectivity index (χ2n) is 6.83. The predicted molar refractivity (Wildman–Crippen MR) is 103 cm³/mol. The minimum absolute atomic E-state index is 0.0250. The van der Waals surface area contributed by atoms with Crippen molar-refractivity contribution in [2.45, 2.75) is 46.5 Å². The Bertz CT molecular complexity index is 927. The maximum absolute atomic E-state index is 13.4. The first-order valence-corrected chi connectivity index (χ1v) is 12.0. The van der Waals surface area contributed by atoms with Crippen LogP contribution in [0.3, 0.4) is 0 Å². The van der Waals surface area contributed by atoms with Gasteiger partial charge in [-0.2, -0.15) is 0 Å². The largest absolute Gasteiger partial charge is 0.300 e. The molecule has 0 aliphatic heterocycles. The van der Waals surface area contributed by atoms with Gasteiger partial charge in [0.2, 0.25) is 0 Å². The van der Waals surface area contributed by atoms with Crippen molar-refractivity contribution in [2.24, 2.45) is 5.92 Å². The van der Waals surface area contributed by atoms with Crippen LogP contribution in [-0.2, 0) is 24.5 Å². The van der Waals surface area contributed by atoms with Crippen LogP contribution < -0.4 is 0 Å². The van der Waals surface area contributed by atoms with Crippen LogP contribution in [0.15, 0.2) is 70.5 Å². The number of sulfone groups is 2. The van der Waals surface area contributed by atoms with Crippen LogP contribution in [0.1, 0.15) is 32.1 Å². The number of ketones is 1. The van der Waals surface area contributed by atoms with Gasteiger partial charge in [0.15, 0.2) is 24.3 Å². The number of hydrogen-bond acceptors (Lipinski definition) is 5. The molecule has 2 aromatic carbocycles. The lowest BCUT2D eigenvalue weighted by Gasteiger charge is -2.26. The Balaban J connectivity index is 2.16. The quantitative estimate of drug-likeness (QED) is 0.711. The van der Waals surface area contributed by atoms with E-state index in [1.54, 1.807) is 36.4 Å². The van der Waals surface area contributed by atoms with Gasteiger partial charge in [-0.15, -0.1) is 0 Å². The highest BCUT2D eigenvalue weighted by Crippen LogP contribution is 2.36. The zero-order chi connectivity index (χ0) is 19.5. The number of benzene rings is 2. The van der Waals surface area contributed by atoms with E-state index in [0.717, 1.165) is 0 Å². The Labute approximate surface area is 160 Å². The lowest BCUT2D eigenvalue weighted by Crippen LogP contribution is -2.38. The lowest BCUT2D eigenvalue weighted by molar-refractivity contribution is -0.119. The second kappa shape index (κ2) is 7.94. The highest BCUT2D eigenvalue weighted by Gasteiger charge is 2.46. The van der Waals surface area contributed by atoms with Gasteiger partial charge < -0.3 is 0 Å². The van der Waals surface area contributed by atoms with Gasteiger partial charge in [0.1, 0.15) is 5.78 Å². The molecule has 0 N–H and O–H groups in total. The molecule has 7 heteroatoms. The molecule has 5 nitrogen and oxygen atoms in total. The summed E-state index contributed by atoms with van der Waals surface area (Å²) < 4.78 is 51.9. The molecule has 1 saturated carbocycles. The topological polar surface area (TPSA) is 85.3 Å². The molecule has 3 rings (SSSR count). The summed E-state index contributed by atoms with van der Waals surface area (Å²) in [6.45, 7) is 0. The molecule has 1 aliphatic carbocycles. The monoisotopic (exact) mass is 406 g/mol. The number of Topliss-reactive ketones (excluding diaryl/α,β-unsaturated/α-hetero) is 1. The Morgan fingerprint density at radius 3 is 1.70 bits per heavy atom. The van der Waals surface area contributed by atoms with Crippen LogP contribution in [0, 0.1) is 5.92 Å². The minimum atomic E-state index is -4.19. The number of carbonyl (C=O) groups is 1. The minimum Gasteiger partial charge on any atom is -0.300 e. The Kier molecular flexibility index (Phi) is 5.81. The molecule has 0 saturated heterocycles. The maximum atomic E-state index is 13.4. The van der Waals surface area contributed by atoms with E-state index in [1.165, 1.54) is 24.3 Å². The normalized spacial score (nSPS) is 19.0. The Morgan fingerprint density at radius 1 is 0.741 bits per heavy atom. The van der Waals surface area contributed by atoms with E-state index in [0.29, 0.717) is 25.7 Å². The van der Waals surface area contributed by atoms with Crippen molar-refractivity contribution in [3.05, 3.63) is 60.7 Å². The Morgan fingerprint density at radius 2 is 1.22 bits per heavy atom. The van der Waals surface area contributed by atoms with Crippen LogP contribution in [0.25, 0.3) is 0 Å². The summed E-state index contributed by atoms with van der Waals surface area (Å²) in [5.74, 6) is -0.829. The average molecular weight is 407 g/mol. The summed E-state index contributed by atoms with van der Waals surface area (Å²) in [5, 5.41) is 0. The highest BCUT2D eigenvalue weighted by molar-refractivity contribution is 8.09. The van der Waals surface area contributed by atoms with Crippen LogP contribution in [0.4, 0.5) is 0 Å². The SMILES string of the molecule is O=C1CCCC[C@@H](C(S(=O)(=O)c2ccccc2)S(=O)(=O)c2ccccc2)C1. The molecule has 2 aromatic rings. The Hall–Kier alpha value is -1.99. The lowest BCUT2D eigenvalue weighted by atomic mass is 10.0. The van der Waals surface area contributed by atoms with Gasteiger partial charge in [0.05, 0.1) is 9.79 Å². The van der Waals surface area contributed by atoms with Crippen molar-refractivity contribution < 1.29 is 21.6 Å². The molecule has 0 heterocycles. The summed E-state index contributed by atoms with van der Waals surface area (Å²) in [6, 6.07) is 15.2. The summed E-state index contributed by atoms with van der Waals surface area (Å²) >= 11 is 0. The third kappa shape index (κ3) is 4.14. The van der Waals surface area contributed by atoms with Gasteiger partial charge in [0, 0.05) is 12.8 Å². The number of carbonyl (C=O) groups excluding carboxylic acids is 1. The molecule has 0 unspecified atom stereocenters. The predicted octanol–water partition coefficient (Wildman–Crippen LogP) is 3.41. The van der Waals surface area contributed by atoms with Crippen LogP contribution in [-0.4, -0.2) is 27.2 Å². The molecule has 1 aliphatic rings. The molecule has 0 bridgehead atoms. The van der Waals surface area contributed by atoms with E-state index < -0.39 is 30.2 Å². The summed E-state index contributed by atoms with van der Waals surface area (Å²) in [6.07, 6.45) is 2.05. The average Bonchev–Trinajstić information content (AvgIpc) is 2.87. The fourth-order valence-corrected chi connectivity index (χ4v) is 8.71. The van der Waals surface area contributed by atoms with Crippen molar-refractivity contribution in [1.29, 1.82) is 0 Å². The van der Waals surface area contributed by atoms with Gasteiger partial charge in [-0.1, -0.05) is 42.8 Å². The smallest absolute Gasteiger partial charge is 0.196 e. The maximum Gasteiger partial charge on any atom is 0.196 e. The van der Waals surface area contributed by atoms with Crippen molar-refractivity contribution in [3.63, 3.8) is 0 Å². The van der Waals surface area contributed by atoms with E-state index in [9.17, 15) is 21.6 Å². The van der Waals surface area contributed by atoms with Gasteiger partial charge in [0.25, 0.3) is 0 Å². The van der Waals surface area contributed by atoms with Crippen molar-refractivity contribution in [2.75, 3.05) is 0 Å². The van der Waals surface area contributed by atoms with E-state index >= 15 is 0 Å². The van der Waals surface area contributed by atoms with Crippen LogP contribution in [0.2, 0.25) is 0 Å². The van der Waals surface area contributed by atoms with Gasteiger partial charge >= 0.3 is 0 Å². The van der Waals surface area contributed by atoms with Gasteiger partial charge in [-0.25, -0.2) is 16.8 Å². The first-order chi connectivity index (χ1) is 12.8. The fraction of sp³-hybridized carbons (Fsp3) is 0.350. The highest BCUT2D eigenvalue weighted by atomic mass is 32.3. The first kappa shape index (κ1) is 19.8. The van der Waals surface area contributed by atoms with Crippen LogP contribution in [0.5, 0.6) is 0 Å². The summed E-state index contributed by atoms with van der Waals surface area (Å²) in [4.78, 5) is 12.1. The van der Waals surface area contributed by atoms with Gasteiger partial charge in [-0.3, -0.25) is 4.79 Å². The zero-order valence-electron chi connectivity index (χ0n) is 14.8. The zero-order valence-corrected chi connectivity index (χ0v) is 16.5. The van der Waals surface area contributed by atoms with E-state index in [2.05, 4.69) is 0 Å². The number of rotatable bonds is 5. The molecule has 1 fully saturated rings. The molecule has 0 amide bonds. The third-order valence-corrected chi connectivity index (χ3v) is 10.3.